The molecular weight excluding hydrogens is 254 g/mol. The highest BCUT2D eigenvalue weighted by atomic mass is 16.2. The second kappa shape index (κ2) is 5.97. The van der Waals surface area contributed by atoms with Crippen LogP contribution in [0.2, 0.25) is 0 Å². The molecule has 2 aromatic rings. The molecule has 2 N–H and O–H groups in total. The van der Waals surface area contributed by atoms with E-state index in [1.165, 1.54) is 0 Å². The fourth-order valence-electron chi connectivity index (χ4n) is 1.74. The summed E-state index contributed by atoms with van der Waals surface area (Å²) in [6.07, 6.45) is 3.12. The number of benzene rings is 1. The Kier molecular flexibility index (Phi) is 4.10. The predicted octanol–water partition coefficient (Wildman–Crippen LogP) is 2.00. The van der Waals surface area contributed by atoms with Crippen molar-refractivity contribution >= 4 is 17.5 Å². The maximum Gasteiger partial charge on any atom is 0.255 e. The third kappa shape index (κ3) is 3.00. The van der Waals surface area contributed by atoms with Crippen molar-refractivity contribution in [1.82, 2.24) is 10.3 Å². The summed E-state index contributed by atoms with van der Waals surface area (Å²) < 4.78 is 0. The SMILES string of the molecule is CNC(=O)c1ccc(C)c(NC(=O)c2ccncc2)c1. The van der Waals surface area contributed by atoms with E-state index in [1.54, 1.807) is 49.8 Å². The van der Waals surface area contributed by atoms with Gasteiger partial charge in [-0.05, 0) is 36.8 Å². The van der Waals surface area contributed by atoms with E-state index >= 15 is 0 Å². The van der Waals surface area contributed by atoms with Gasteiger partial charge in [-0.2, -0.15) is 0 Å². The first-order valence-corrected chi connectivity index (χ1v) is 6.16. The van der Waals surface area contributed by atoms with Gasteiger partial charge < -0.3 is 10.6 Å². The van der Waals surface area contributed by atoms with E-state index in [4.69, 9.17) is 0 Å². The largest absolute Gasteiger partial charge is 0.355 e. The van der Waals surface area contributed by atoms with E-state index in [-0.39, 0.29) is 11.8 Å². The van der Waals surface area contributed by atoms with Crippen molar-refractivity contribution in [3.63, 3.8) is 0 Å². The van der Waals surface area contributed by atoms with Gasteiger partial charge in [-0.15, -0.1) is 0 Å². The lowest BCUT2D eigenvalue weighted by Crippen LogP contribution is -2.19. The maximum atomic E-state index is 12.1. The number of aryl methyl sites for hydroxylation is 1. The summed E-state index contributed by atoms with van der Waals surface area (Å²) in [4.78, 5) is 27.5. The van der Waals surface area contributed by atoms with Crippen molar-refractivity contribution in [2.24, 2.45) is 0 Å². The Morgan fingerprint density at radius 3 is 2.35 bits per heavy atom. The van der Waals surface area contributed by atoms with Gasteiger partial charge in [-0.3, -0.25) is 14.6 Å². The smallest absolute Gasteiger partial charge is 0.255 e. The zero-order valence-corrected chi connectivity index (χ0v) is 11.3. The molecule has 0 saturated carbocycles. The molecule has 2 amide bonds. The molecule has 0 aliphatic heterocycles. The van der Waals surface area contributed by atoms with E-state index in [1.807, 2.05) is 6.92 Å². The van der Waals surface area contributed by atoms with Gasteiger partial charge >= 0.3 is 0 Å². The summed E-state index contributed by atoms with van der Waals surface area (Å²) in [7, 11) is 1.57. The second-order valence-corrected chi connectivity index (χ2v) is 4.30. The molecule has 0 spiro atoms. The number of anilines is 1. The van der Waals surface area contributed by atoms with E-state index in [9.17, 15) is 9.59 Å². The number of rotatable bonds is 3. The Morgan fingerprint density at radius 1 is 1.00 bits per heavy atom. The van der Waals surface area contributed by atoms with Crippen molar-refractivity contribution in [2.45, 2.75) is 6.92 Å². The number of carbonyl (C=O) groups excluding carboxylic acids is 2. The molecule has 0 radical (unpaired) electrons. The number of hydrogen-bond donors (Lipinski definition) is 2. The van der Waals surface area contributed by atoms with E-state index < -0.39 is 0 Å². The van der Waals surface area contributed by atoms with Gasteiger partial charge in [0, 0.05) is 36.3 Å². The lowest BCUT2D eigenvalue weighted by molar-refractivity contribution is 0.0961. The Balaban J connectivity index is 2.25. The van der Waals surface area contributed by atoms with Crippen LogP contribution in [0.5, 0.6) is 0 Å². The van der Waals surface area contributed by atoms with Crippen LogP contribution in [0.1, 0.15) is 26.3 Å². The fourth-order valence-corrected chi connectivity index (χ4v) is 1.74. The Hall–Kier alpha value is -2.69. The standard InChI is InChI=1S/C15H15N3O2/c1-10-3-4-12(14(19)16-2)9-13(10)18-15(20)11-5-7-17-8-6-11/h3-9H,1-2H3,(H,16,19)(H,18,20). The first-order chi connectivity index (χ1) is 9.61. The molecule has 1 heterocycles. The Morgan fingerprint density at radius 2 is 1.70 bits per heavy atom. The summed E-state index contributed by atoms with van der Waals surface area (Å²) in [6.45, 7) is 1.87. The van der Waals surface area contributed by atoms with Gasteiger partial charge in [0.05, 0.1) is 0 Å². The number of hydrogen-bond acceptors (Lipinski definition) is 3. The molecule has 0 atom stereocenters. The van der Waals surface area contributed by atoms with E-state index in [0.29, 0.717) is 16.8 Å². The third-order valence-corrected chi connectivity index (χ3v) is 2.92. The van der Waals surface area contributed by atoms with Crippen LogP contribution in [0, 0.1) is 6.92 Å². The van der Waals surface area contributed by atoms with Crippen LogP contribution in [0.25, 0.3) is 0 Å². The summed E-state index contributed by atoms with van der Waals surface area (Å²) >= 11 is 0. The monoisotopic (exact) mass is 269 g/mol. The lowest BCUT2D eigenvalue weighted by Gasteiger charge is -2.10. The van der Waals surface area contributed by atoms with Crippen molar-refractivity contribution in [2.75, 3.05) is 12.4 Å². The van der Waals surface area contributed by atoms with Gasteiger partial charge in [0.25, 0.3) is 11.8 Å². The first-order valence-electron chi connectivity index (χ1n) is 6.16. The van der Waals surface area contributed by atoms with Gasteiger partial charge in [0.15, 0.2) is 0 Å². The van der Waals surface area contributed by atoms with Gasteiger partial charge in [0.1, 0.15) is 0 Å². The van der Waals surface area contributed by atoms with Crippen molar-refractivity contribution < 1.29 is 9.59 Å². The minimum absolute atomic E-state index is 0.190. The fraction of sp³-hybridized carbons (Fsp3) is 0.133. The highest BCUT2D eigenvalue weighted by Gasteiger charge is 2.10. The van der Waals surface area contributed by atoms with E-state index in [0.717, 1.165) is 5.56 Å². The minimum atomic E-state index is -0.232. The molecule has 0 aliphatic carbocycles. The topological polar surface area (TPSA) is 71.1 Å². The quantitative estimate of drug-likeness (QED) is 0.895. The van der Waals surface area contributed by atoms with Crippen molar-refractivity contribution in [3.8, 4) is 0 Å². The molecule has 1 aromatic heterocycles. The van der Waals surface area contributed by atoms with Crippen molar-refractivity contribution in [3.05, 3.63) is 59.4 Å². The van der Waals surface area contributed by atoms with Crippen LogP contribution in [-0.4, -0.2) is 23.8 Å². The molecule has 5 nitrogen and oxygen atoms in total. The number of pyridine rings is 1. The van der Waals surface area contributed by atoms with E-state index in [2.05, 4.69) is 15.6 Å². The summed E-state index contributed by atoms with van der Waals surface area (Å²) in [5.41, 5.74) is 2.53. The molecule has 20 heavy (non-hydrogen) atoms. The Bertz CT molecular complexity index is 639. The average Bonchev–Trinajstić information content (AvgIpc) is 2.49. The van der Waals surface area contributed by atoms with Crippen LogP contribution in [0.3, 0.4) is 0 Å². The number of aromatic nitrogens is 1. The maximum absolute atomic E-state index is 12.1. The minimum Gasteiger partial charge on any atom is -0.355 e. The normalized spacial score (nSPS) is 9.90. The summed E-state index contributed by atoms with van der Waals surface area (Å²) in [6, 6.07) is 8.44. The molecule has 0 saturated heterocycles. The van der Waals surface area contributed by atoms with Crippen LogP contribution in [-0.2, 0) is 0 Å². The lowest BCUT2D eigenvalue weighted by atomic mass is 10.1. The summed E-state index contributed by atoms with van der Waals surface area (Å²) in [5, 5.41) is 5.35. The molecule has 0 aliphatic rings. The Labute approximate surface area is 117 Å². The van der Waals surface area contributed by atoms with Gasteiger partial charge in [0.2, 0.25) is 0 Å². The van der Waals surface area contributed by atoms with Crippen LogP contribution in [0.15, 0.2) is 42.7 Å². The van der Waals surface area contributed by atoms with Crippen LogP contribution in [0.4, 0.5) is 5.69 Å². The summed E-state index contributed by atoms with van der Waals surface area (Å²) in [5.74, 6) is -0.422. The van der Waals surface area contributed by atoms with Crippen molar-refractivity contribution in [1.29, 1.82) is 0 Å². The molecule has 0 unspecified atom stereocenters. The molecule has 0 bridgehead atoms. The molecule has 0 fully saturated rings. The highest BCUT2D eigenvalue weighted by Crippen LogP contribution is 2.18. The molecular formula is C15H15N3O2. The number of nitrogens with one attached hydrogen (secondary N) is 2. The average molecular weight is 269 g/mol. The van der Waals surface area contributed by atoms with Crippen LogP contribution >= 0.6 is 0 Å². The zero-order valence-electron chi connectivity index (χ0n) is 11.3. The third-order valence-electron chi connectivity index (χ3n) is 2.92. The second-order valence-electron chi connectivity index (χ2n) is 4.30. The molecule has 2 rings (SSSR count). The number of amides is 2. The number of nitrogens with zero attached hydrogens (tertiary/aromatic N) is 1. The van der Waals surface area contributed by atoms with Gasteiger partial charge in [-0.25, -0.2) is 0 Å². The number of carbonyl (C=O) groups is 2. The first kappa shape index (κ1) is 13.7. The van der Waals surface area contributed by atoms with Gasteiger partial charge in [-0.1, -0.05) is 6.07 Å². The van der Waals surface area contributed by atoms with Crippen LogP contribution < -0.4 is 10.6 Å². The molecule has 5 heteroatoms. The predicted molar refractivity (Wildman–Crippen MR) is 76.8 cm³/mol. The zero-order chi connectivity index (χ0) is 14.5. The molecule has 1 aromatic carbocycles. The highest BCUT2D eigenvalue weighted by molar-refractivity contribution is 6.05. The molecule has 102 valence electrons.